The number of phenolic OH excluding ortho intramolecular Hbond substituents is 1. The van der Waals surface area contributed by atoms with Crippen molar-refractivity contribution in [2.45, 2.75) is 34.7 Å². The van der Waals surface area contributed by atoms with Gasteiger partial charge in [-0.15, -0.1) is 23.2 Å². The maximum atomic E-state index is 13.5. The Morgan fingerprint density at radius 2 is 1.79 bits per heavy atom. The van der Waals surface area contributed by atoms with E-state index in [9.17, 15) is 24.3 Å². The number of imide groups is 1. The molecule has 1 aromatic heterocycles. The quantitative estimate of drug-likeness (QED) is 0.234. The first-order chi connectivity index (χ1) is 15.9. The summed E-state index contributed by atoms with van der Waals surface area (Å²) in [7, 11) is 4.08. The van der Waals surface area contributed by atoms with Gasteiger partial charge in [-0.1, -0.05) is 6.08 Å². The van der Waals surface area contributed by atoms with Crippen LogP contribution in [-0.2, 0) is 23.2 Å². The summed E-state index contributed by atoms with van der Waals surface area (Å²) >= 11 is 16.0. The monoisotopic (exact) mass is 620 g/mol. The fourth-order valence-corrected chi connectivity index (χ4v) is 7.03. The van der Waals surface area contributed by atoms with E-state index in [1.165, 1.54) is 30.6 Å². The number of hydrogen-bond acceptors (Lipinski definition) is 6. The Balaban J connectivity index is 1.84. The average Bonchev–Trinajstić information content (AvgIpc) is 3.10. The van der Waals surface area contributed by atoms with Crippen LogP contribution in [0.5, 0.6) is 11.5 Å². The number of benzene rings is 1. The van der Waals surface area contributed by atoms with Gasteiger partial charge >= 0.3 is 11.4 Å². The number of carbonyl (C=O) groups is 2. The topological polar surface area (TPSA) is 116 Å². The number of hydrogen-bond donors (Lipinski definition) is 1. The molecule has 3 heterocycles. The van der Waals surface area contributed by atoms with Gasteiger partial charge in [0.15, 0.2) is 21.2 Å². The minimum atomic E-state index is -1.91. The molecule has 0 bridgehead atoms. The number of phenols is 1. The van der Waals surface area contributed by atoms with Gasteiger partial charge in [-0.3, -0.25) is 14.5 Å². The zero-order valence-corrected chi connectivity index (χ0v) is 21.9. The van der Waals surface area contributed by atoms with Gasteiger partial charge < -0.3 is 9.84 Å². The number of allylic oxidation sites excluding steroid dienone is 2. The molecule has 1 saturated heterocycles. The highest BCUT2D eigenvalue weighted by atomic mass is 127. The molecule has 0 radical (unpaired) electrons. The Hall–Kier alpha value is -2.25. The van der Waals surface area contributed by atoms with Crippen LogP contribution in [0.15, 0.2) is 33.4 Å². The summed E-state index contributed by atoms with van der Waals surface area (Å²) in [6.45, 7) is 0.0732. The van der Waals surface area contributed by atoms with Crippen molar-refractivity contribution in [3.05, 3.63) is 53.9 Å². The Kier molecular flexibility index (Phi) is 5.09. The first kappa shape index (κ1) is 23.5. The lowest BCUT2D eigenvalue weighted by atomic mass is 9.64. The molecule has 4 atom stereocenters. The number of aromatic hydroxyl groups is 1. The van der Waals surface area contributed by atoms with E-state index in [1.807, 2.05) is 22.6 Å². The summed E-state index contributed by atoms with van der Waals surface area (Å²) in [5.74, 6) is -2.23. The molecular weight excluding hydrogens is 602 g/mol. The summed E-state index contributed by atoms with van der Waals surface area (Å²) in [5, 5.41) is 10.4. The Bertz CT molecular complexity index is 1440. The van der Waals surface area contributed by atoms with Crippen LogP contribution in [0.25, 0.3) is 0 Å². The van der Waals surface area contributed by atoms with Crippen molar-refractivity contribution in [3.63, 3.8) is 0 Å². The van der Waals surface area contributed by atoms with Crippen LogP contribution < -0.4 is 16.1 Å². The third kappa shape index (κ3) is 2.63. The van der Waals surface area contributed by atoms with Crippen molar-refractivity contribution in [2.24, 2.45) is 7.05 Å². The second kappa shape index (κ2) is 7.37. The highest BCUT2D eigenvalue weighted by molar-refractivity contribution is 14.1. The number of rotatable bonds is 2. The molecule has 5 rings (SSSR count). The summed E-state index contributed by atoms with van der Waals surface area (Å²) in [4.78, 5) is 49.5. The number of likely N-dealkylation sites (tertiary alicyclic amines) is 1. The molecule has 1 aliphatic carbocycles. The van der Waals surface area contributed by atoms with E-state index in [-0.39, 0.29) is 24.5 Å². The molecule has 13 heteroatoms. The van der Waals surface area contributed by atoms with Crippen molar-refractivity contribution in [3.8, 4) is 11.5 Å². The van der Waals surface area contributed by atoms with Gasteiger partial charge in [-0.05, 0) is 45.9 Å². The van der Waals surface area contributed by atoms with Crippen molar-refractivity contribution in [2.75, 3.05) is 14.2 Å². The second-order valence-electron chi connectivity index (χ2n) is 8.64. The minimum absolute atomic E-state index is 0.0732. The van der Waals surface area contributed by atoms with Crippen LogP contribution in [0.3, 0.4) is 0 Å². The second-order valence-corrected chi connectivity index (χ2v) is 11.0. The number of carbonyl (C=O) groups excluding carboxylic acids is 2. The molecule has 0 spiro atoms. The third-order valence-electron chi connectivity index (χ3n) is 7.08. The average molecular weight is 621 g/mol. The van der Waals surface area contributed by atoms with Crippen LogP contribution in [0.4, 0.5) is 0 Å². The van der Waals surface area contributed by atoms with Gasteiger partial charge in [0.05, 0.1) is 23.3 Å². The minimum Gasteiger partial charge on any atom is -0.504 e. The number of aromatic nitrogens is 3. The van der Waals surface area contributed by atoms with Crippen LogP contribution in [-0.4, -0.2) is 59.7 Å². The van der Waals surface area contributed by atoms with Crippen molar-refractivity contribution in [1.29, 1.82) is 0 Å². The zero-order chi connectivity index (χ0) is 24.9. The number of alkyl halides is 2. The van der Waals surface area contributed by atoms with Crippen molar-refractivity contribution in [1.82, 2.24) is 18.8 Å². The fourth-order valence-electron chi connectivity index (χ4n) is 5.40. The molecule has 3 aliphatic rings. The Labute approximate surface area is 216 Å². The van der Waals surface area contributed by atoms with Crippen LogP contribution in [0, 0.1) is 3.57 Å². The van der Waals surface area contributed by atoms with E-state index < -0.39 is 44.9 Å². The van der Waals surface area contributed by atoms with E-state index in [0.717, 1.165) is 9.47 Å². The molecule has 10 nitrogen and oxygen atoms in total. The summed E-state index contributed by atoms with van der Waals surface area (Å²) in [6.07, 6.45) is 1.59. The number of fused-ring (bicyclic) bond motifs is 4. The van der Waals surface area contributed by atoms with Crippen LogP contribution in [0.1, 0.15) is 23.9 Å². The van der Waals surface area contributed by atoms with Gasteiger partial charge in [-0.25, -0.2) is 23.5 Å². The number of methoxy groups -OCH3 is 1. The lowest BCUT2D eigenvalue weighted by molar-refractivity contribution is -0.137. The molecule has 34 heavy (non-hydrogen) atoms. The van der Waals surface area contributed by atoms with E-state index in [2.05, 4.69) is 0 Å². The molecule has 2 aliphatic heterocycles. The van der Waals surface area contributed by atoms with E-state index in [4.69, 9.17) is 27.9 Å². The molecule has 1 N–H and O–H groups in total. The highest BCUT2D eigenvalue weighted by Gasteiger charge is 2.74. The lowest BCUT2D eigenvalue weighted by Gasteiger charge is -2.49. The summed E-state index contributed by atoms with van der Waals surface area (Å²) < 4.78 is 9.29. The van der Waals surface area contributed by atoms with E-state index >= 15 is 0 Å². The van der Waals surface area contributed by atoms with Crippen LogP contribution in [0.2, 0.25) is 0 Å². The summed E-state index contributed by atoms with van der Waals surface area (Å²) in [5.41, 5.74) is -0.00937. The Morgan fingerprint density at radius 1 is 1.12 bits per heavy atom. The molecular formula is C21H19Cl2IN4O6. The largest absolute Gasteiger partial charge is 0.504 e. The molecule has 2 fully saturated rings. The van der Waals surface area contributed by atoms with Crippen molar-refractivity contribution >= 4 is 57.6 Å². The first-order valence-corrected chi connectivity index (χ1v) is 12.1. The SMILES string of the molecule is COc1cc([C@H]2C3=CCn4c(=O)n(C)c(=O)n4[C@@H]3C[C@@]3(Cl)C(=O)N(C)C(=O)[C@@]23Cl)cc(I)c1O. The smallest absolute Gasteiger partial charge is 0.347 e. The number of amides is 2. The van der Waals surface area contributed by atoms with Gasteiger partial charge in [0.1, 0.15) is 0 Å². The maximum Gasteiger partial charge on any atom is 0.347 e. The predicted octanol–water partition coefficient (Wildman–Crippen LogP) is 1.29. The Morgan fingerprint density at radius 3 is 2.44 bits per heavy atom. The molecule has 2 aromatic rings. The van der Waals surface area contributed by atoms with Gasteiger partial charge in [0.25, 0.3) is 11.8 Å². The molecule has 1 aromatic carbocycles. The fraction of sp³-hybridized carbons (Fsp3) is 0.429. The standard InChI is InChI=1S/C21H19Cl2IN4O6/c1-25-16(30)20(22)8-12-10(4-5-27-18(32)26(2)19(33)28(12)27)14(21(20,23)17(25)31)9-6-11(24)15(29)13(7-9)34-3/h4,6-7,12,14,29H,5,8H2,1-3H3/t12-,14+,20-,21+/m1/s1. The van der Waals surface area contributed by atoms with Gasteiger partial charge in [-0.2, -0.15) is 0 Å². The number of ether oxygens (including phenoxy) is 1. The zero-order valence-electron chi connectivity index (χ0n) is 18.2. The van der Waals surface area contributed by atoms with Crippen molar-refractivity contribution < 1.29 is 19.4 Å². The third-order valence-corrected chi connectivity index (χ3v) is 9.31. The van der Waals surface area contributed by atoms with Gasteiger partial charge in [0, 0.05) is 26.4 Å². The maximum absolute atomic E-state index is 13.5. The normalized spacial score (nSPS) is 30.1. The predicted molar refractivity (Wildman–Crippen MR) is 131 cm³/mol. The van der Waals surface area contributed by atoms with Gasteiger partial charge in [0.2, 0.25) is 0 Å². The molecule has 180 valence electrons. The summed E-state index contributed by atoms with van der Waals surface area (Å²) in [6, 6.07) is 2.38. The first-order valence-electron chi connectivity index (χ1n) is 10.2. The van der Waals surface area contributed by atoms with Crippen LogP contribution >= 0.6 is 45.8 Å². The highest BCUT2D eigenvalue weighted by Crippen LogP contribution is 2.63. The van der Waals surface area contributed by atoms with E-state index in [0.29, 0.717) is 14.7 Å². The number of halogens is 3. The van der Waals surface area contributed by atoms with E-state index in [1.54, 1.807) is 18.2 Å². The molecule has 0 unspecified atom stereocenters. The lowest BCUT2D eigenvalue weighted by Crippen LogP contribution is -2.59. The number of nitrogens with zero attached hydrogens (tertiary/aromatic N) is 4. The molecule has 1 saturated carbocycles. The molecule has 2 amide bonds.